The van der Waals surface area contributed by atoms with Gasteiger partial charge in [0.2, 0.25) is 0 Å². The molecule has 0 fully saturated rings. The number of nitrogens with two attached hydrogens (primary N) is 1. The van der Waals surface area contributed by atoms with E-state index in [1.807, 2.05) is 60.7 Å². The Morgan fingerprint density at radius 2 is 1.52 bits per heavy atom. The summed E-state index contributed by atoms with van der Waals surface area (Å²) in [5.41, 5.74) is 10.4. The fraction of sp³-hybridized carbons (Fsp3) is 0.148. The van der Waals surface area contributed by atoms with Crippen LogP contribution in [0.4, 0.5) is 0 Å². The Hall–Kier alpha value is -3.63. The zero-order chi connectivity index (χ0) is 21.6. The fourth-order valence-electron chi connectivity index (χ4n) is 3.67. The normalized spacial score (nSPS) is 11.8. The van der Waals surface area contributed by atoms with E-state index in [1.165, 1.54) is 7.11 Å². The first kappa shape index (κ1) is 20.6. The first-order chi connectivity index (χ1) is 15.2. The van der Waals surface area contributed by atoms with Crippen molar-refractivity contribution in [3.05, 3.63) is 102 Å². The number of carbonyl (C=O) groups is 1. The van der Waals surface area contributed by atoms with Crippen molar-refractivity contribution in [2.24, 2.45) is 5.73 Å². The average molecular weight is 412 g/mol. The lowest BCUT2D eigenvalue weighted by molar-refractivity contribution is -0.141. The summed E-state index contributed by atoms with van der Waals surface area (Å²) in [6.07, 6.45) is 0.159. The van der Waals surface area contributed by atoms with Crippen molar-refractivity contribution in [1.29, 1.82) is 0 Å². The Morgan fingerprint density at radius 1 is 0.839 bits per heavy atom. The number of methoxy groups -OCH3 is 1. The second-order valence-corrected chi connectivity index (χ2v) is 7.44. The Kier molecular flexibility index (Phi) is 6.29. The molecule has 0 saturated carbocycles. The molecule has 4 aromatic rings. The van der Waals surface area contributed by atoms with Crippen LogP contribution in [-0.4, -0.2) is 13.1 Å². The van der Waals surface area contributed by atoms with E-state index in [0.717, 1.165) is 38.8 Å². The number of ether oxygens (including phenoxy) is 2. The largest absolute Gasteiger partial charge is 0.488 e. The molecule has 2 N–H and O–H groups in total. The van der Waals surface area contributed by atoms with Gasteiger partial charge in [0.15, 0.2) is 0 Å². The zero-order valence-electron chi connectivity index (χ0n) is 17.5. The molecule has 0 spiro atoms. The number of fused-ring (bicyclic) bond motifs is 1. The number of carbonyl (C=O) groups excluding carboxylic acids is 1. The minimum absolute atomic E-state index is 0.159. The Balaban J connectivity index is 1.60. The standard InChI is InChI=1S/C27H25NO3/c1-30-27(29)17-25(28)21-13-11-20(12-14-21)22-15-16-26(24-10-6-5-9-23(22)24)31-18-19-7-3-2-4-8-19/h2-16,25H,17-18,28H2,1H3. The number of hydrogen-bond acceptors (Lipinski definition) is 4. The summed E-state index contributed by atoms with van der Waals surface area (Å²) in [5.74, 6) is 0.550. The maximum Gasteiger partial charge on any atom is 0.307 e. The van der Waals surface area contributed by atoms with Crippen LogP contribution in [0.15, 0.2) is 91.0 Å². The lowest BCUT2D eigenvalue weighted by Gasteiger charge is -2.14. The third kappa shape index (κ3) is 4.76. The van der Waals surface area contributed by atoms with Gasteiger partial charge in [-0.3, -0.25) is 4.79 Å². The number of hydrogen-bond donors (Lipinski definition) is 1. The summed E-state index contributed by atoms with van der Waals surface area (Å²) in [6, 6.07) is 30.2. The molecule has 4 aromatic carbocycles. The van der Waals surface area contributed by atoms with Gasteiger partial charge in [-0.05, 0) is 33.7 Å². The van der Waals surface area contributed by atoms with Crippen LogP contribution in [0.3, 0.4) is 0 Å². The van der Waals surface area contributed by atoms with Gasteiger partial charge in [-0.2, -0.15) is 0 Å². The third-order valence-corrected chi connectivity index (χ3v) is 5.39. The molecule has 1 atom stereocenters. The summed E-state index contributed by atoms with van der Waals surface area (Å²) in [6.45, 7) is 0.525. The maximum absolute atomic E-state index is 11.5. The minimum Gasteiger partial charge on any atom is -0.488 e. The Labute approximate surface area is 182 Å². The molecule has 156 valence electrons. The Bertz CT molecular complexity index is 1170. The molecule has 0 saturated heterocycles. The van der Waals surface area contributed by atoms with Crippen LogP contribution < -0.4 is 10.5 Å². The van der Waals surface area contributed by atoms with E-state index in [1.54, 1.807) is 0 Å². The summed E-state index contributed by atoms with van der Waals surface area (Å²) < 4.78 is 10.8. The molecule has 0 amide bonds. The van der Waals surface area contributed by atoms with Gasteiger partial charge in [-0.1, -0.05) is 84.9 Å². The highest BCUT2D eigenvalue weighted by Gasteiger charge is 2.13. The van der Waals surface area contributed by atoms with Crippen LogP contribution in [0.1, 0.15) is 23.6 Å². The molecule has 0 aliphatic rings. The molecule has 31 heavy (non-hydrogen) atoms. The van der Waals surface area contributed by atoms with Gasteiger partial charge in [0.1, 0.15) is 12.4 Å². The SMILES string of the molecule is COC(=O)CC(N)c1ccc(-c2ccc(OCc3ccccc3)c3ccccc23)cc1. The highest BCUT2D eigenvalue weighted by Crippen LogP contribution is 2.35. The van der Waals surface area contributed by atoms with Crippen LogP contribution in [0.5, 0.6) is 5.75 Å². The van der Waals surface area contributed by atoms with Crippen LogP contribution in [-0.2, 0) is 16.1 Å². The average Bonchev–Trinajstić information content (AvgIpc) is 2.83. The first-order valence-electron chi connectivity index (χ1n) is 10.3. The highest BCUT2D eigenvalue weighted by molar-refractivity contribution is 6.00. The topological polar surface area (TPSA) is 61.5 Å². The first-order valence-corrected chi connectivity index (χ1v) is 10.3. The van der Waals surface area contributed by atoms with Gasteiger partial charge < -0.3 is 15.2 Å². The lowest BCUT2D eigenvalue weighted by Crippen LogP contribution is -2.16. The van der Waals surface area contributed by atoms with Gasteiger partial charge in [0.25, 0.3) is 0 Å². The molecule has 0 heterocycles. The predicted octanol–water partition coefficient (Wildman–Crippen LogP) is 5.65. The maximum atomic E-state index is 11.5. The van der Waals surface area contributed by atoms with Gasteiger partial charge >= 0.3 is 5.97 Å². The van der Waals surface area contributed by atoms with Crippen molar-refractivity contribution < 1.29 is 14.3 Å². The molecule has 0 radical (unpaired) electrons. The molecule has 1 unspecified atom stereocenters. The lowest BCUT2D eigenvalue weighted by atomic mass is 9.95. The quantitative estimate of drug-likeness (QED) is 0.399. The number of benzene rings is 4. The fourth-order valence-corrected chi connectivity index (χ4v) is 3.67. The van der Waals surface area contributed by atoms with E-state index in [-0.39, 0.29) is 18.4 Å². The molecule has 4 rings (SSSR count). The number of esters is 1. The Morgan fingerprint density at radius 3 is 2.23 bits per heavy atom. The van der Waals surface area contributed by atoms with Crippen molar-refractivity contribution in [3.8, 4) is 16.9 Å². The van der Waals surface area contributed by atoms with E-state index in [2.05, 4.69) is 30.3 Å². The monoisotopic (exact) mass is 411 g/mol. The van der Waals surface area contributed by atoms with E-state index >= 15 is 0 Å². The van der Waals surface area contributed by atoms with Crippen molar-refractivity contribution in [3.63, 3.8) is 0 Å². The summed E-state index contributed by atoms with van der Waals surface area (Å²) in [4.78, 5) is 11.5. The highest BCUT2D eigenvalue weighted by atomic mass is 16.5. The summed E-state index contributed by atoms with van der Waals surface area (Å²) in [7, 11) is 1.37. The van der Waals surface area contributed by atoms with Gasteiger partial charge in [-0.15, -0.1) is 0 Å². The van der Waals surface area contributed by atoms with Crippen molar-refractivity contribution >= 4 is 16.7 Å². The van der Waals surface area contributed by atoms with Crippen molar-refractivity contribution in [2.75, 3.05) is 7.11 Å². The van der Waals surface area contributed by atoms with E-state index in [0.29, 0.717) is 6.61 Å². The van der Waals surface area contributed by atoms with Gasteiger partial charge in [0.05, 0.1) is 13.5 Å². The van der Waals surface area contributed by atoms with Crippen LogP contribution in [0, 0.1) is 0 Å². The molecule has 0 aliphatic carbocycles. The molecule has 0 bridgehead atoms. The van der Waals surface area contributed by atoms with Crippen LogP contribution in [0.2, 0.25) is 0 Å². The summed E-state index contributed by atoms with van der Waals surface area (Å²) >= 11 is 0. The molecule has 4 nitrogen and oxygen atoms in total. The second kappa shape index (κ2) is 9.45. The van der Waals surface area contributed by atoms with Crippen LogP contribution in [0.25, 0.3) is 21.9 Å². The van der Waals surface area contributed by atoms with Crippen molar-refractivity contribution in [1.82, 2.24) is 0 Å². The van der Waals surface area contributed by atoms with Gasteiger partial charge in [-0.25, -0.2) is 0 Å². The van der Waals surface area contributed by atoms with E-state index < -0.39 is 0 Å². The molecule has 0 aromatic heterocycles. The molecule has 0 aliphatic heterocycles. The van der Waals surface area contributed by atoms with Crippen molar-refractivity contribution in [2.45, 2.75) is 19.1 Å². The molecular weight excluding hydrogens is 386 g/mol. The van der Waals surface area contributed by atoms with Crippen LogP contribution >= 0.6 is 0 Å². The molecule has 4 heteroatoms. The van der Waals surface area contributed by atoms with E-state index in [4.69, 9.17) is 15.2 Å². The zero-order valence-corrected chi connectivity index (χ0v) is 17.5. The summed E-state index contributed by atoms with van der Waals surface area (Å²) in [5, 5.41) is 2.20. The third-order valence-electron chi connectivity index (χ3n) is 5.39. The second-order valence-electron chi connectivity index (χ2n) is 7.44. The smallest absolute Gasteiger partial charge is 0.307 e. The van der Waals surface area contributed by atoms with Gasteiger partial charge in [0, 0.05) is 11.4 Å². The number of rotatable bonds is 7. The minimum atomic E-state index is -0.382. The van der Waals surface area contributed by atoms with E-state index in [9.17, 15) is 4.79 Å². The molecular formula is C27H25NO3. The predicted molar refractivity (Wildman–Crippen MR) is 124 cm³/mol.